The number of primary amides is 1. The summed E-state index contributed by atoms with van der Waals surface area (Å²) < 4.78 is 7.29. The fourth-order valence-corrected chi connectivity index (χ4v) is 3.86. The van der Waals surface area contributed by atoms with E-state index < -0.39 is 24.3 Å². The number of carboxylic acid groups (broad SMARTS) is 1. The van der Waals surface area contributed by atoms with Crippen LogP contribution >= 0.6 is 11.8 Å². The Morgan fingerprint density at radius 1 is 1.11 bits per heavy atom. The van der Waals surface area contributed by atoms with E-state index in [1.165, 1.54) is 11.8 Å². The molecule has 3 aromatic rings. The highest BCUT2D eigenvalue weighted by Crippen LogP contribution is 2.38. The number of aliphatic carboxylic acids is 1. The van der Waals surface area contributed by atoms with E-state index >= 15 is 0 Å². The van der Waals surface area contributed by atoms with E-state index in [1.807, 2.05) is 34.9 Å². The summed E-state index contributed by atoms with van der Waals surface area (Å²) in [7, 11) is 0. The van der Waals surface area contributed by atoms with Gasteiger partial charge in [0.1, 0.15) is 5.75 Å². The van der Waals surface area contributed by atoms with Gasteiger partial charge in [-0.25, -0.2) is 4.79 Å². The van der Waals surface area contributed by atoms with Crippen LogP contribution in [0, 0.1) is 0 Å². The number of carbonyl (C=O) groups excluding carboxylic acids is 2. The summed E-state index contributed by atoms with van der Waals surface area (Å²) in [5.41, 5.74) is 7.06. The maximum Gasteiger partial charge on any atom is 0.341 e. The van der Waals surface area contributed by atoms with Crippen molar-refractivity contribution < 1.29 is 24.2 Å². The molecule has 8 heteroatoms. The standard InChI is InChI=1S/C20H18N2O5S/c1-28-20-17(18(25)19(21)26)16-13(8-5-9-14(16)27-11-15(23)24)22(20)10-12-6-3-2-4-7-12/h2-9H,10-11H2,1H3,(H2,21,26)(H,23,24). The molecule has 0 radical (unpaired) electrons. The van der Waals surface area contributed by atoms with Crippen LogP contribution < -0.4 is 10.5 Å². The number of fused-ring (bicyclic) bond motifs is 1. The Kier molecular flexibility index (Phi) is 5.70. The van der Waals surface area contributed by atoms with Crippen molar-refractivity contribution in [2.24, 2.45) is 5.73 Å². The van der Waals surface area contributed by atoms with E-state index in [0.29, 0.717) is 22.5 Å². The predicted octanol–water partition coefficient (Wildman–Crippen LogP) is 2.54. The third kappa shape index (κ3) is 3.72. The van der Waals surface area contributed by atoms with Crippen LogP contribution in [0.25, 0.3) is 10.9 Å². The average Bonchev–Trinajstić information content (AvgIpc) is 3.00. The van der Waals surface area contributed by atoms with E-state index in [2.05, 4.69) is 0 Å². The third-order valence-corrected chi connectivity index (χ3v) is 4.99. The van der Waals surface area contributed by atoms with Gasteiger partial charge < -0.3 is 20.1 Å². The molecule has 0 unspecified atom stereocenters. The second-order valence-electron chi connectivity index (χ2n) is 5.98. The zero-order chi connectivity index (χ0) is 20.3. The quantitative estimate of drug-likeness (QED) is 0.343. The number of rotatable bonds is 8. The Labute approximate surface area is 165 Å². The van der Waals surface area contributed by atoms with Gasteiger partial charge in [-0.3, -0.25) is 9.59 Å². The first-order valence-electron chi connectivity index (χ1n) is 8.36. The van der Waals surface area contributed by atoms with Crippen LogP contribution in [0.1, 0.15) is 15.9 Å². The van der Waals surface area contributed by atoms with Crippen molar-refractivity contribution in [3.05, 3.63) is 59.7 Å². The number of carbonyl (C=O) groups is 3. The number of nitrogens with zero attached hydrogens (tertiary/aromatic N) is 1. The largest absolute Gasteiger partial charge is 0.481 e. The summed E-state index contributed by atoms with van der Waals surface area (Å²) in [5, 5.41) is 9.89. The SMILES string of the molecule is CSc1c(C(=O)C(N)=O)c2c(OCC(=O)O)cccc2n1Cc1ccccc1. The molecule has 1 heterocycles. The molecule has 0 spiro atoms. The van der Waals surface area contributed by atoms with Gasteiger partial charge in [0.25, 0.3) is 11.7 Å². The Balaban J connectivity index is 2.27. The molecule has 0 bridgehead atoms. The smallest absolute Gasteiger partial charge is 0.341 e. The number of ketones is 1. The van der Waals surface area contributed by atoms with E-state index in [9.17, 15) is 14.4 Å². The summed E-state index contributed by atoms with van der Waals surface area (Å²) in [5.74, 6) is -2.85. The van der Waals surface area contributed by atoms with Gasteiger partial charge >= 0.3 is 5.97 Å². The summed E-state index contributed by atoms with van der Waals surface area (Å²) in [4.78, 5) is 35.2. The molecule has 3 rings (SSSR count). The number of thioether (sulfide) groups is 1. The average molecular weight is 398 g/mol. The fraction of sp³-hybridized carbons (Fsp3) is 0.150. The topological polar surface area (TPSA) is 112 Å². The summed E-state index contributed by atoms with van der Waals surface area (Å²) in [6, 6.07) is 14.7. The van der Waals surface area contributed by atoms with Gasteiger partial charge in [-0.05, 0) is 24.0 Å². The van der Waals surface area contributed by atoms with Crippen LogP contribution in [0.4, 0.5) is 0 Å². The van der Waals surface area contributed by atoms with Crippen LogP contribution in [-0.2, 0) is 16.1 Å². The van der Waals surface area contributed by atoms with Gasteiger partial charge in [-0.1, -0.05) is 36.4 Å². The minimum absolute atomic E-state index is 0.131. The molecule has 0 fully saturated rings. The number of nitrogens with two attached hydrogens (primary N) is 1. The molecule has 1 amide bonds. The Bertz CT molecular complexity index is 1060. The van der Waals surface area contributed by atoms with Crippen molar-refractivity contribution in [3.63, 3.8) is 0 Å². The summed E-state index contributed by atoms with van der Waals surface area (Å²) in [6.45, 7) is -0.107. The summed E-state index contributed by atoms with van der Waals surface area (Å²) >= 11 is 1.31. The number of carboxylic acids is 1. The molecule has 2 aromatic carbocycles. The molecule has 7 nitrogen and oxygen atoms in total. The molecule has 1 aromatic heterocycles. The Morgan fingerprint density at radius 2 is 1.82 bits per heavy atom. The van der Waals surface area contributed by atoms with E-state index in [4.69, 9.17) is 15.6 Å². The maximum absolute atomic E-state index is 12.6. The first-order chi connectivity index (χ1) is 13.4. The molecule has 0 aliphatic carbocycles. The lowest BCUT2D eigenvalue weighted by Crippen LogP contribution is -2.23. The lowest BCUT2D eigenvalue weighted by atomic mass is 10.1. The van der Waals surface area contributed by atoms with Crippen molar-refractivity contribution in [2.45, 2.75) is 11.6 Å². The zero-order valence-corrected chi connectivity index (χ0v) is 15.9. The maximum atomic E-state index is 12.6. The third-order valence-electron chi connectivity index (χ3n) is 4.18. The normalized spacial score (nSPS) is 10.8. The molecular weight excluding hydrogens is 380 g/mol. The van der Waals surface area contributed by atoms with Gasteiger partial charge in [0.15, 0.2) is 6.61 Å². The minimum Gasteiger partial charge on any atom is -0.481 e. The number of Topliss-reactive ketones (excluding diaryl/α,β-unsaturated/α-hetero) is 1. The van der Waals surface area contributed by atoms with Gasteiger partial charge in [0.05, 0.1) is 21.5 Å². The lowest BCUT2D eigenvalue weighted by molar-refractivity contribution is -0.139. The van der Waals surface area contributed by atoms with Crippen molar-refractivity contribution in [1.82, 2.24) is 4.57 Å². The Morgan fingerprint density at radius 3 is 2.43 bits per heavy atom. The molecule has 3 N–H and O–H groups in total. The molecule has 144 valence electrons. The molecule has 0 saturated carbocycles. The molecule has 0 atom stereocenters. The van der Waals surface area contributed by atoms with Gasteiger partial charge in [0.2, 0.25) is 0 Å². The Hall–Kier alpha value is -3.26. The van der Waals surface area contributed by atoms with Crippen LogP contribution in [0.15, 0.2) is 53.6 Å². The molecule has 0 saturated heterocycles. The lowest BCUT2D eigenvalue weighted by Gasteiger charge is -2.10. The fourth-order valence-electron chi connectivity index (χ4n) is 3.08. The van der Waals surface area contributed by atoms with Crippen LogP contribution in [0.5, 0.6) is 5.75 Å². The van der Waals surface area contributed by atoms with Gasteiger partial charge in [-0.2, -0.15) is 0 Å². The number of ether oxygens (including phenoxy) is 1. The number of hydrogen-bond donors (Lipinski definition) is 2. The number of amides is 1. The monoisotopic (exact) mass is 398 g/mol. The van der Waals surface area contributed by atoms with Crippen molar-refractivity contribution in [1.29, 1.82) is 0 Å². The van der Waals surface area contributed by atoms with E-state index in [1.54, 1.807) is 24.5 Å². The predicted molar refractivity (Wildman–Crippen MR) is 106 cm³/mol. The number of hydrogen-bond acceptors (Lipinski definition) is 5. The van der Waals surface area contributed by atoms with Crippen molar-refractivity contribution in [2.75, 3.05) is 12.9 Å². The molecule has 0 aliphatic rings. The number of aromatic nitrogens is 1. The van der Waals surface area contributed by atoms with Crippen LogP contribution in [0.3, 0.4) is 0 Å². The van der Waals surface area contributed by atoms with Gasteiger partial charge in [-0.15, -0.1) is 11.8 Å². The zero-order valence-electron chi connectivity index (χ0n) is 15.0. The highest BCUT2D eigenvalue weighted by Gasteiger charge is 2.28. The van der Waals surface area contributed by atoms with Crippen LogP contribution in [0.2, 0.25) is 0 Å². The molecule has 28 heavy (non-hydrogen) atoms. The van der Waals surface area contributed by atoms with Crippen LogP contribution in [-0.4, -0.2) is 40.2 Å². The second-order valence-corrected chi connectivity index (χ2v) is 6.78. The first kappa shape index (κ1) is 19.5. The highest BCUT2D eigenvalue weighted by molar-refractivity contribution is 7.98. The minimum atomic E-state index is -1.14. The van der Waals surface area contributed by atoms with Gasteiger partial charge in [0, 0.05) is 6.54 Å². The first-order valence-corrected chi connectivity index (χ1v) is 9.58. The summed E-state index contributed by atoms with van der Waals surface area (Å²) in [6.07, 6.45) is 1.80. The van der Waals surface area contributed by atoms with Crippen molar-refractivity contribution in [3.8, 4) is 5.75 Å². The highest BCUT2D eigenvalue weighted by atomic mass is 32.2. The molecular formula is C20H18N2O5S. The van der Waals surface area contributed by atoms with Crippen molar-refractivity contribution >= 4 is 40.3 Å². The van der Waals surface area contributed by atoms with E-state index in [-0.39, 0.29) is 11.3 Å². The van der Waals surface area contributed by atoms with E-state index in [0.717, 1.165) is 5.56 Å². The molecule has 0 aliphatic heterocycles. The number of benzene rings is 2. The second kappa shape index (κ2) is 8.18.